The predicted octanol–water partition coefficient (Wildman–Crippen LogP) is 2.51. The number of nitrogens with zero attached hydrogens (tertiary/aromatic N) is 1. The van der Waals surface area contributed by atoms with Gasteiger partial charge in [0.25, 0.3) is 5.56 Å². The van der Waals surface area contributed by atoms with Crippen molar-refractivity contribution < 1.29 is 5.11 Å². The lowest BCUT2D eigenvalue weighted by atomic mass is 9.85. The molecule has 1 aliphatic rings. The molecule has 0 spiro atoms. The average molecular weight is 320 g/mol. The highest BCUT2D eigenvalue weighted by Gasteiger charge is 2.29. The summed E-state index contributed by atoms with van der Waals surface area (Å²) < 4.78 is 2.59. The Labute approximate surface area is 119 Å². The number of aromatic nitrogens is 1. The van der Waals surface area contributed by atoms with E-state index in [0.717, 1.165) is 16.5 Å². The van der Waals surface area contributed by atoms with E-state index in [1.165, 1.54) is 11.6 Å². The van der Waals surface area contributed by atoms with Crippen LogP contribution in [-0.4, -0.2) is 15.8 Å². The van der Waals surface area contributed by atoms with Crippen molar-refractivity contribution in [2.45, 2.75) is 25.0 Å². The van der Waals surface area contributed by atoms with E-state index in [9.17, 15) is 9.90 Å². The van der Waals surface area contributed by atoms with E-state index in [2.05, 4.69) is 22.0 Å². The molecule has 3 rings (SSSR count). The lowest BCUT2D eigenvalue weighted by Gasteiger charge is -2.31. The molecule has 3 nitrogen and oxygen atoms in total. The summed E-state index contributed by atoms with van der Waals surface area (Å²) in [4.78, 5) is 12.0. The van der Waals surface area contributed by atoms with Crippen molar-refractivity contribution >= 4 is 15.9 Å². The van der Waals surface area contributed by atoms with Crippen LogP contribution in [0.4, 0.5) is 0 Å². The molecule has 0 aliphatic heterocycles. The lowest BCUT2D eigenvalue weighted by Crippen LogP contribution is -2.35. The van der Waals surface area contributed by atoms with Gasteiger partial charge in [0.05, 0.1) is 12.1 Å². The number of pyridine rings is 1. The van der Waals surface area contributed by atoms with Gasteiger partial charge in [0.2, 0.25) is 0 Å². The van der Waals surface area contributed by atoms with E-state index < -0.39 is 6.10 Å². The van der Waals surface area contributed by atoms with Crippen LogP contribution in [0.1, 0.15) is 23.6 Å². The van der Waals surface area contributed by atoms with Gasteiger partial charge in [0.15, 0.2) is 0 Å². The first kappa shape index (κ1) is 12.6. The van der Waals surface area contributed by atoms with Crippen LogP contribution >= 0.6 is 15.9 Å². The predicted molar refractivity (Wildman–Crippen MR) is 77.3 cm³/mol. The number of fused-ring (bicyclic) bond motifs is 1. The Hall–Kier alpha value is -1.39. The summed E-state index contributed by atoms with van der Waals surface area (Å²) in [5.41, 5.74) is 2.15. The van der Waals surface area contributed by atoms with Gasteiger partial charge in [0, 0.05) is 16.7 Å². The molecule has 1 N–H and O–H groups in total. The van der Waals surface area contributed by atoms with Crippen LogP contribution in [0.3, 0.4) is 0 Å². The minimum absolute atomic E-state index is 0.0839. The fourth-order valence-corrected chi connectivity index (χ4v) is 3.12. The third-order valence-electron chi connectivity index (χ3n) is 3.65. The summed E-state index contributed by atoms with van der Waals surface area (Å²) in [6.07, 6.45) is 2.75. The zero-order chi connectivity index (χ0) is 13.4. The van der Waals surface area contributed by atoms with Crippen LogP contribution in [-0.2, 0) is 6.42 Å². The van der Waals surface area contributed by atoms with Crippen LogP contribution in [0.2, 0.25) is 0 Å². The molecule has 2 aromatic rings. The molecule has 0 saturated carbocycles. The van der Waals surface area contributed by atoms with Gasteiger partial charge in [-0.25, -0.2) is 0 Å². The SMILES string of the molecule is O=c1ccccn1C1c2cc(Br)ccc2CCC1O. The van der Waals surface area contributed by atoms with E-state index in [-0.39, 0.29) is 11.6 Å². The van der Waals surface area contributed by atoms with Crippen LogP contribution in [0.25, 0.3) is 0 Å². The third kappa shape index (κ3) is 2.26. The van der Waals surface area contributed by atoms with Gasteiger partial charge in [-0.2, -0.15) is 0 Å². The van der Waals surface area contributed by atoms with Crippen LogP contribution in [0.15, 0.2) is 51.9 Å². The maximum Gasteiger partial charge on any atom is 0.251 e. The number of aliphatic hydroxyl groups excluding tert-OH is 1. The quantitative estimate of drug-likeness (QED) is 0.877. The second-order valence-corrected chi connectivity index (χ2v) is 5.76. The van der Waals surface area contributed by atoms with Crippen LogP contribution in [0.5, 0.6) is 0 Å². The molecule has 0 fully saturated rings. The number of hydrogen-bond donors (Lipinski definition) is 1. The molecule has 0 radical (unpaired) electrons. The number of aryl methyl sites for hydroxylation is 1. The van der Waals surface area contributed by atoms with Crippen molar-refractivity contribution in [3.05, 3.63) is 68.5 Å². The number of halogens is 1. The third-order valence-corrected chi connectivity index (χ3v) is 4.14. The smallest absolute Gasteiger partial charge is 0.251 e. The first-order valence-corrected chi connectivity index (χ1v) is 7.09. The van der Waals surface area contributed by atoms with Gasteiger partial charge in [-0.1, -0.05) is 28.1 Å². The summed E-state index contributed by atoms with van der Waals surface area (Å²) in [5.74, 6) is 0. The van der Waals surface area contributed by atoms with Gasteiger partial charge in [0.1, 0.15) is 0 Å². The Kier molecular flexibility index (Phi) is 3.29. The molecular weight excluding hydrogens is 306 g/mol. The standard InChI is InChI=1S/C15H14BrNO2/c16-11-6-4-10-5-7-13(18)15(12(10)9-11)17-8-2-1-3-14(17)19/h1-4,6,8-9,13,15,18H,5,7H2. The highest BCUT2D eigenvalue weighted by Crippen LogP contribution is 2.34. The minimum atomic E-state index is -0.526. The molecule has 0 bridgehead atoms. The molecule has 2 atom stereocenters. The van der Waals surface area contributed by atoms with Crippen molar-refractivity contribution in [1.29, 1.82) is 0 Å². The van der Waals surface area contributed by atoms with E-state index in [1.807, 2.05) is 18.2 Å². The van der Waals surface area contributed by atoms with Crippen molar-refractivity contribution in [2.75, 3.05) is 0 Å². The first-order valence-electron chi connectivity index (χ1n) is 6.30. The van der Waals surface area contributed by atoms with Gasteiger partial charge >= 0.3 is 0 Å². The Morgan fingerprint density at radius 2 is 2.11 bits per heavy atom. The molecule has 19 heavy (non-hydrogen) atoms. The van der Waals surface area contributed by atoms with Gasteiger partial charge in [-0.05, 0) is 42.2 Å². The van der Waals surface area contributed by atoms with Crippen LogP contribution < -0.4 is 5.56 Å². The average Bonchev–Trinajstić information content (AvgIpc) is 2.40. The Morgan fingerprint density at radius 1 is 1.26 bits per heavy atom. The summed E-state index contributed by atoms with van der Waals surface area (Å²) in [6, 6.07) is 10.8. The number of hydrogen-bond acceptors (Lipinski definition) is 2. The van der Waals surface area contributed by atoms with Gasteiger partial charge in [-0.3, -0.25) is 4.79 Å². The molecule has 0 amide bonds. The zero-order valence-electron chi connectivity index (χ0n) is 10.3. The fraction of sp³-hybridized carbons (Fsp3) is 0.267. The lowest BCUT2D eigenvalue weighted by molar-refractivity contribution is 0.112. The number of aliphatic hydroxyl groups is 1. The maximum atomic E-state index is 12.0. The molecule has 1 aromatic heterocycles. The van der Waals surface area contributed by atoms with Gasteiger partial charge < -0.3 is 9.67 Å². The zero-order valence-corrected chi connectivity index (χ0v) is 11.9. The van der Waals surface area contributed by atoms with E-state index in [4.69, 9.17) is 0 Å². The topological polar surface area (TPSA) is 42.2 Å². The normalized spacial score (nSPS) is 22.0. The molecular formula is C15H14BrNO2. The molecule has 98 valence electrons. The highest BCUT2D eigenvalue weighted by molar-refractivity contribution is 9.10. The Morgan fingerprint density at radius 3 is 2.89 bits per heavy atom. The number of rotatable bonds is 1. The molecule has 1 heterocycles. The Bertz CT molecular complexity index is 665. The molecule has 4 heteroatoms. The summed E-state index contributed by atoms with van der Waals surface area (Å²) in [5, 5.41) is 10.3. The van der Waals surface area contributed by atoms with Crippen molar-refractivity contribution in [3.8, 4) is 0 Å². The fourth-order valence-electron chi connectivity index (χ4n) is 2.74. The monoisotopic (exact) mass is 319 g/mol. The van der Waals surface area contributed by atoms with E-state index in [0.29, 0.717) is 6.42 Å². The minimum Gasteiger partial charge on any atom is -0.391 e. The molecule has 2 unspecified atom stereocenters. The highest BCUT2D eigenvalue weighted by atomic mass is 79.9. The van der Waals surface area contributed by atoms with E-state index in [1.54, 1.807) is 16.8 Å². The summed E-state index contributed by atoms with van der Waals surface area (Å²) in [7, 11) is 0. The van der Waals surface area contributed by atoms with Gasteiger partial charge in [-0.15, -0.1) is 0 Å². The molecule has 1 aromatic carbocycles. The maximum absolute atomic E-state index is 12.0. The van der Waals surface area contributed by atoms with Crippen LogP contribution in [0, 0.1) is 0 Å². The second-order valence-electron chi connectivity index (χ2n) is 4.84. The largest absolute Gasteiger partial charge is 0.391 e. The molecule has 1 aliphatic carbocycles. The van der Waals surface area contributed by atoms with Crippen molar-refractivity contribution in [3.63, 3.8) is 0 Å². The van der Waals surface area contributed by atoms with Crippen molar-refractivity contribution in [1.82, 2.24) is 4.57 Å². The number of benzene rings is 1. The second kappa shape index (κ2) is 4.94. The summed E-state index contributed by atoms with van der Waals surface area (Å²) in [6.45, 7) is 0. The summed E-state index contributed by atoms with van der Waals surface area (Å²) >= 11 is 3.46. The van der Waals surface area contributed by atoms with E-state index >= 15 is 0 Å². The Balaban J connectivity index is 2.19. The first-order chi connectivity index (χ1) is 9.16. The molecule has 0 saturated heterocycles. The van der Waals surface area contributed by atoms with Crippen molar-refractivity contribution in [2.24, 2.45) is 0 Å².